The van der Waals surface area contributed by atoms with Gasteiger partial charge in [0.25, 0.3) is 0 Å². The van der Waals surface area contributed by atoms with Gasteiger partial charge in [0.05, 0.1) is 12.2 Å². The number of hydrogen-bond donors (Lipinski definition) is 2. The van der Waals surface area contributed by atoms with Crippen LogP contribution in [-0.2, 0) is 11.3 Å². The molecular formula is C25H23ClN6O. The second kappa shape index (κ2) is 8.15. The Morgan fingerprint density at radius 1 is 1.06 bits per heavy atom. The van der Waals surface area contributed by atoms with E-state index in [1.165, 1.54) is 24.7 Å². The largest absolute Gasteiger partial charge is 0.364 e. The number of carbonyl (C=O) groups excluding carboxylic acids is 1. The number of halogens is 1. The summed E-state index contributed by atoms with van der Waals surface area (Å²) in [6, 6.07) is 13.7. The first-order valence-corrected chi connectivity index (χ1v) is 11.6. The van der Waals surface area contributed by atoms with Gasteiger partial charge in [-0.1, -0.05) is 29.8 Å². The van der Waals surface area contributed by atoms with Crippen LogP contribution in [0.15, 0.2) is 61.2 Å². The van der Waals surface area contributed by atoms with E-state index in [1.807, 2.05) is 30.5 Å². The topological polar surface area (TPSA) is 84.2 Å². The van der Waals surface area contributed by atoms with E-state index in [9.17, 15) is 4.79 Å². The number of benzene rings is 1. The molecule has 2 aliphatic carbocycles. The second-order valence-corrected chi connectivity index (χ2v) is 9.31. The molecule has 2 atom stereocenters. The van der Waals surface area contributed by atoms with Crippen LogP contribution >= 0.6 is 11.6 Å². The molecule has 0 saturated heterocycles. The number of rotatable bonds is 7. The van der Waals surface area contributed by atoms with E-state index in [-0.39, 0.29) is 17.7 Å². The number of hydrogen-bond acceptors (Lipinski definition) is 5. The van der Waals surface area contributed by atoms with Crippen molar-refractivity contribution < 1.29 is 4.79 Å². The summed E-state index contributed by atoms with van der Waals surface area (Å²) in [6.45, 7) is 0.532. The van der Waals surface area contributed by atoms with Crippen molar-refractivity contribution in [2.45, 2.75) is 37.6 Å². The molecule has 3 heterocycles. The van der Waals surface area contributed by atoms with Gasteiger partial charge in [-0.3, -0.25) is 4.79 Å². The molecule has 33 heavy (non-hydrogen) atoms. The van der Waals surface area contributed by atoms with Crippen LogP contribution in [-0.4, -0.2) is 25.3 Å². The summed E-state index contributed by atoms with van der Waals surface area (Å²) in [5.74, 6) is 1.95. The Hall–Kier alpha value is -3.45. The third-order valence-corrected chi connectivity index (χ3v) is 6.58. The van der Waals surface area contributed by atoms with Crippen LogP contribution < -0.4 is 10.6 Å². The van der Waals surface area contributed by atoms with E-state index >= 15 is 0 Å². The summed E-state index contributed by atoms with van der Waals surface area (Å²) in [5.41, 5.74) is 4.34. The molecule has 2 N–H and O–H groups in total. The van der Waals surface area contributed by atoms with Gasteiger partial charge in [-0.05, 0) is 60.4 Å². The van der Waals surface area contributed by atoms with Gasteiger partial charge in [-0.15, -0.1) is 0 Å². The van der Waals surface area contributed by atoms with Crippen LogP contribution in [0.3, 0.4) is 0 Å². The molecule has 2 fully saturated rings. The van der Waals surface area contributed by atoms with Crippen LogP contribution in [0, 0.1) is 5.92 Å². The number of fused-ring (bicyclic) bond motifs is 1. The molecule has 2 saturated carbocycles. The lowest BCUT2D eigenvalue weighted by molar-refractivity contribution is -0.117. The average Bonchev–Trinajstić information content (AvgIpc) is 3.74. The van der Waals surface area contributed by atoms with Gasteiger partial charge < -0.3 is 15.0 Å². The maximum Gasteiger partial charge on any atom is 0.229 e. The summed E-state index contributed by atoms with van der Waals surface area (Å²) in [4.78, 5) is 25.8. The minimum atomic E-state index is -0.0617. The van der Waals surface area contributed by atoms with Gasteiger partial charge in [0, 0.05) is 29.4 Å². The number of imidazole rings is 1. The van der Waals surface area contributed by atoms with E-state index in [1.54, 1.807) is 6.07 Å². The van der Waals surface area contributed by atoms with Crippen molar-refractivity contribution >= 4 is 34.8 Å². The highest BCUT2D eigenvalue weighted by atomic mass is 35.5. The first kappa shape index (κ1) is 20.2. The van der Waals surface area contributed by atoms with Crippen molar-refractivity contribution in [3.63, 3.8) is 0 Å². The van der Waals surface area contributed by atoms with E-state index in [2.05, 4.69) is 48.3 Å². The van der Waals surface area contributed by atoms with Crippen molar-refractivity contribution in [1.29, 1.82) is 0 Å². The molecule has 2 aliphatic rings. The van der Waals surface area contributed by atoms with Gasteiger partial charge in [0.15, 0.2) is 0 Å². The highest BCUT2D eigenvalue weighted by molar-refractivity contribution is 6.30. The number of pyridine rings is 1. The average molecular weight is 459 g/mol. The van der Waals surface area contributed by atoms with E-state index in [0.29, 0.717) is 29.1 Å². The molecular weight excluding hydrogens is 436 g/mol. The zero-order valence-electron chi connectivity index (χ0n) is 17.9. The molecule has 0 aliphatic heterocycles. The van der Waals surface area contributed by atoms with Crippen LogP contribution in [0.2, 0.25) is 5.02 Å². The molecule has 4 aromatic rings. The lowest BCUT2D eigenvalue weighted by atomic mass is 10.1. The molecule has 7 nitrogen and oxygen atoms in total. The third-order valence-electron chi connectivity index (χ3n) is 6.35. The van der Waals surface area contributed by atoms with Gasteiger partial charge >= 0.3 is 0 Å². The first-order valence-electron chi connectivity index (χ1n) is 11.2. The van der Waals surface area contributed by atoms with E-state index < -0.39 is 0 Å². The number of amides is 1. The third kappa shape index (κ3) is 4.41. The van der Waals surface area contributed by atoms with E-state index in [0.717, 1.165) is 23.3 Å². The highest BCUT2D eigenvalue weighted by Crippen LogP contribution is 2.48. The number of nitrogens with zero attached hydrogens (tertiary/aromatic N) is 4. The quantitative estimate of drug-likeness (QED) is 0.406. The van der Waals surface area contributed by atoms with Crippen molar-refractivity contribution in [2.75, 3.05) is 10.6 Å². The normalized spacial score (nSPS) is 19.4. The molecule has 3 aromatic heterocycles. The van der Waals surface area contributed by atoms with Crippen LogP contribution in [0.1, 0.15) is 47.9 Å². The monoisotopic (exact) mass is 458 g/mol. The molecule has 0 bridgehead atoms. The van der Waals surface area contributed by atoms with Gasteiger partial charge in [0.1, 0.15) is 23.6 Å². The molecule has 0 radical (unpaired) electrons. The SMILES string of the molecule is O=C(Nc1cc(NCc2cn3cc(C4CC4)ccc3n2)ncn1)[C@H]1C[C@@H]1c1cccc(Cl)c1. The van der Waals surface area contributed by atoms with Gasteiger partial charge in [-0.2, -0.15) is 0 Å². The molecule has 0 unspecified atom stereocenters. The summed E-state index contributed by atoms with van der Waals surface area (Å²) in [7, 11) is 0. The highest BCUT2D eigenvalue weighted by Gasteiger charge is 2.44. The fourth-order valence-electron chi connectivity index (χ4n) is 4.32. The number of aromatic nitrogens is 4. The Bertz CT molecular complexity index is 1350. The van der Waals surface area contributed by atoms with Crippen LogP contribution in [0.25, 0.3) is 5.65 Å². The van der Waals surface area contributed by atoms with Gasteiger partial charge in [0.2, 0.25) is 5.91 Å². The second-order valence-electron chi connectivity index (χ2n) is 8.87. The minimum Gasteiger partial charge on any atom is -0.364 e. The standard InChI is InChI=1S/C25H23ClN6O/c26-18-3-1-2-16(8-18)20-9-21(20)25(33)31-23-10-22(28-14-29-23)27-11-19-13-32-12-17(15-4-5-15)6-7-24(32)30-19/h1-3,6-8,10,12-15,20-21H,4-5,9,11H2,(H2,27,28,29,31,33)/t20-,21+/m1/s1. The fraction of sp³-hybridized carbons (Fsp3) is 0.280. The van der Waals surface area contributed by atoms with Crippen molar-refractivity contribution in [3.05, 3.63) is 83.0 Å². The van der Waals surface area contributed by atoms with Crippen molar-refractivity contribution in [2.24, 2.45) is 5.92 Å². The molecule has 1 amide bonds. The lowest BCUT2D eigenvalue weighted by Gasteiger charge is -2.07. The smallest absolute Gasteiger partial charge is 0.229 e. The summed E-state index contributed by atoms with van der Waals surface area (Å²) < 4.78 is 2.09. The Morgan fingerprint density at radius 2 is 1.94 bits per heavy atom. The number of carbonyl (C=O) groups is 1. The fourth-order valence-corrected chi connectivity index (χ4v) is 4.52. The Labute approximate surface area is 196 Å². The molecule has 1 aromatic carbocycles. The predicted molar refractivity (Wildman–Crippen MR) is 127 cm³/mol. The zero-order valence-corrected chi connectivity index (χ0v) is 18.7. The lowest BCUT2D eigenvalue weighted by Crippen LogP contribution is -2.16. The van der Waals surface area contributed by atoms with Crippen LogP contribution in [0.5, 0.6) is 0 Å². The Kier molecular flexibility index (Phi) is 4.99. The summed E-state index contributed by atoms with van der Waals surface area (Å²) >= 11 is 6.08. The predicted octanol–water partition coefficient (Wildman–Crippen LogP) is 5.01. The first-order chi connectivity index (χ1) is 16.1. The molecule has 6 rings (SSSR count). The zero-order chi connectivity index (χ0) is 22.4. The maximum atomic E-state index is 12.7. The Morgan fingerprint density at radius 3 is 2.79 bits per heavy atom. The van der Waals surface area contributed by atoms with E-state index in [4.69, 9.17) is 11.6 Å². The maximum absolute atomic E-state index is 12.7. The summed E-state index contributed by atoms with van der Waals surface area (Å²) in [6.07, 6.45) is 9.05. The number of nitrogens with one attached hydrogen (secondary N) is 2. The van der Waals surface area contributed by atoms with Gasteiger partial charge in [-0.25, -0.2) is 15.0 Å². The van der Waals surface area contributed by atoms with Crippen molar-refractivity contribution in [1.82, 2.24) is 19.4 Å². The Balaban J connectivity index is 1.08. The minimum absolute atomic E-state index is 0.0311. The molecule has 8 heteroatoms. The molecule has 166 valence electrons. The van der Waals surface area contributed by atoms with Crippen molar-refractivity contribution in [3.8, 4) is 0 Å². The number of anilines is 2. The molecule has 0 spiro atoms. The summed E-state index contributed by atoms with van der Waals surface area (Å²) in [5, 5.41) is 6.89. The van der Waals surface area contributed by atoms with Crippen LogP contribution in [0.4, 0.5) is 11.6 Å².